The minimum atomic E-state index is -0.0730. The van der Waals surface area contributed by atoms with E-state index in [-0.39, 0.29) is 6.10 Å². The van der Waals surface area contributed by atoms with Crippen LogP contribution < -0.4 is 4.90 Å². The van der Waals surface area contributed by atoms with Crippen LogP contribution >= 0.6 is 0 Å². The smallest absolute Gasteiger partial charge is 0.128 e. The van der Waals surface area contributed by atoms with E-state index in [2.05, 4.69) is 35.9 Å². The number of aliphatic hydroxyl groups is 1. The summed E-state index contributed by atoms with van der Waals surface area (Å²) in [4.78, 5) is 6.94. The number of nitrogens with zero attached hydrogens (tertiary/aromatic N) is 2. The molecule has 0 aromatic carbocycles. The Bertz CT molecular complexity index is 401. The average Bonchev–Trinajstić information content (AvgIpc) is 2.62. The minimum absolute atomic E-state index is 0.0730. The van der Waals surface area contributed by atoms with Crippen LogP contribution in [0.15, 0.2) is 18.3 Å². The Kier molecular flexibility index (Phi) is 3.02. The molecule has 1 aromatic rings. The highest BCUT2D eigenvalue weighted by Crippen LogP contribution is 2.38. The predicted octanol–water partition coefficient (Wildman–Crippen LogP) is 2.41. The Hall–Kier alpha value is -1.09. The molecule has 2 fully saturated rings. The quantitative estimate of drug-likeness (QED) is 0.870. The van der Waals surface area contributed by atoms with E-state index < -0.39 is 0 Å². The Balaban J connectivity index is 1.76. The second kappa shape index (κ2) is 4.54. The van der Waals surface area contributed by atoms with E-state index in [9.17, 15) is 5.11 Å². The van der Waals surface area contributed by atoms with E-state index in [4.69, 9.17) is 0 Å². The number of aliphatic hydroxyl groups excluding tert-OH is 1. The van der Waals surface area contributed by atoms with Gasteiger partial charge in [0.2, 0.25) is 0 Å². The topological polar surface area (TPSA) is 36.4 Å². The molecule has 3 rings (SSSR count). The molecular formula is C15H22N2O. The van der Waals surface area contributed by atoms with Crippen molar-refractivity contribution < 1.29 is 5.11 Å². The van der Waals surface area contributed by atoms with Crippen LogP contribution in [0.25, 0.3) is 0 Å². The van der Waals surface area contributed by atoms with Crippen molar-refractivity contribution in [2.45, 2.75) is 38.7 Å². The van der Waals surface area contributed by atoms with Gasteiger partial charge in [0, 0.05) is 31.1 Å². The maximum Gasteiger partial charge on any atom is 0.128 e. The lowest BCUT2D eigenvalue weighted by atomic mass is 9.95. The zero-order chi connectivity index (χ0) is 12.7. The third-order valence-corrected chi connectivity index (χ3v) is 4.55. The lowest BCUT2D eigenvalue weighted by molar-refractivity contribution is 0.0790. The monoisotopic (exact) mass is 246 g/mol. The van der Waals surface area contributed by atoms with Crippen molar-refractivity contribution in [3.8, 4) is 0 Å². The first-order valence-corrected chi connectivity index (χ1v) is 7.04. The van der Waals surface area contributed by atoms with Gasteiger partial charge in [-0.25, -0.2) is 4.98 Å². The molecule has 3 nitrogen and oxygen atoms in total. The van der Waals surface area contributed by atoms with E-state index in [0.717, 1.165) is 18.9 Å². The molecule has 1 saturated heterocycles. The highest BCUT2D eigenvalue weighted by atomic mass is 16.3. The van der Waals surface area contributed by atoms with Crippen LogP contribution in [0.1, 0.15) is 38.2 Å². The van der Waals surface area contributed by atoms with Crippen LogP contribution in [0.5, 0.6) is 0 Å². The fourth-order valence-corrected chi connectivity index (χ4v) is 3.31. The molecule has 2 atom stereocenters. The molecule has 2 bridgehead atoms. The van der Waals surface area contributed by atoms with Crippen molar-refractivity contribution in [1.82, 2.24) is 4.98 Å². The van der Waals surface area contributed by atoms with Crippen molar-refractivity contribution in [3.63, 3.8) is 0 Å². The average molecular weight is 246 g/mol. The van der Waals surface area contributed by atoms with Crippen molar-refractivity contribution in [2.24, 2.45) is 11.8 Å². The molecule has 2 unspecified atom stereocenters. The standard InChI is InChI=1S/C15H22N2O/c1-10(2)11-5-6-14(16-7-11)17-8-12-3-4-13(9-17)15(12)18/h5-7,10,12-13,15,18H,3-4,8-9H2,1-2H3. The molecule has 1 N–H and O–H groups in total. The van der Waals surface area contributed by atoms with Crippen LogP contribution in [0.2, 0.25) is 0 Å². The maximum atomic E-state index is 10.0. The summed E-state index contributed by atoms with van der Waals surface area (Å²) in [6, 6.07) is 4.31. The molecular weight excluding hydrogens is 224 g/mol. The molecule has 1 saturated carbocycles. The van der Waals surface area contributed by atoms with E-state index in [1.165, 1.54) is 18.4 Å². The number of hydrogen-bond donors (Lipinski definition) is 1. The Morgan fingerprint density at radius 3 is 2.39 bits per heavy atom. The summed E-state index contributed by atoms with van der Waals surface area (Å²) < 4.78 is 0. The van der Waals surface area contributed by atoms with E-state index in [1.54, 1.807) is 0 Å². The van der Waals surface area contributed by atoms with Crippen LogP contribution in [-0.2, 0) is 0 Å². The number of pyridine rings is 1. The van der Waals surface area contributed by atoms with Crippen LogP contribution in [-0.4, -0.2) is 29.3 Å². The molecule has 98 valence electrons. The van der Waals surface area contributed by atoms with Gasteiger partial charge in [-0.1, -0.05) is 19.9 Å². The van der Waals surface area contributed by atoms with Crippen molar-refractivity contribution in [2.75, 3.05) is 18.0 Å². The summed E-state index contributed by atoms with van der Waals surface area (Å²) in [7, 11) is 0. The van der Waals surface area contributed by atoms with E-state index in [1.807, 2.05) is 6.20 Å². The van der Waals surface area contributed by atoms with Crippen LogP contribution in [0, 0.1) is 11.8 Å². The summed E-state index contributed by atoms with van der Waals surface area (Å²) in [5.74, 6) is 2.51. The second-order valence-electron chi connectivity index (χ2n) is 6.10. The zero-order valence-electron chi connectivity index (χ0n) is 11.2. The third-order valence-electron chi connectivity index (χ3n) is 4.55. The number of piperidine rings is 1. The summed E-state index contributed by atoms with van der Waals surface area (Å²) >= 11 is 0. The molecule has 1 aliphatic heterocycles. The Morgan fingerprint density at radius 2 is 1.89 bits per heavy atom. The normalized spacial score (nSPS) is 31.1. The Labute approximate surface area is 109 Å². The van der Waals surface area contributed by atoms with Gasteiger partial charge in [-0.05, 0) is 30.4 Å². The highest BCUT2D eigenvalue weighted by Gasteiger charge is 2.41. The number of fused-ring (bicyclic) bond motifs is 2. The summed E-state index contributed by atoms with van der Waals surface area (Å²) in [5.41, 5.74) is 1.29. The first-order valence-electron chi connectivity index (χ1n) is 7.04. The first-order chi connectivity index (χ1) is 8.65. The van der Waals surface area contributed by atoms with Gasteiger partial charge >= 0.3 is 0 Å². The molecule has 0 spiro atoms. The van der Waals surface area contributed by atoms with Gasteiger partial charge < -0.3 is 10.0 Å². The van der Waals surface area contributed by atoms with Gasteiger partial charge in [0.25, 0.3) is 0 Å². The summed E-state index contributed by atoms with van der Waals surface area (Å²) in [6.07, 6.45) is 4.27. The van der Waals surface area contributed by atoms with Gasteiger partial charge in [0.1, 0.15) is 5.82 Å². The molecule has 3 heteroatoms. The number of anilines is 1. The minimum Gasteiger partial charge on any atom is -0.392 e. The van der Waals surface area contributed by atoms with Gasteiger partial charge in [0.15, 0.2) is 0 Å². The fraction of sp³-hybridized carbons (Fsp3) is 0.667. The number of aromatic nitrogens is 1. The SMILES string of the molecule is CC(C)c1ccc(N2CC3CCC(C2)C3O)nc1. The summed E-state index contributed by atoms with van der Waals surface area (Å²) in [6.45, 7) is 6.31. The van der Waals surface area contributed by atoms with E-state index in [0.29, 0.717) is 17.8 Å². The zero-order valence-corrected chi connectivity index (χ0v) is 11.2. The first kappa shape index (κ1) is 12.0. The second-order valence-corrected chi connectivity index (χ2v) is 6.10. The van der Waals surface area contributed by atoms with Crippen molar-refractivity contribution in [1.29, 1.82) is 0 Å². The molecule has 1 aromatic heterocycles. The molecule has 2 aliphatic rings. The molecule has 18 heavy (non-hydrogen) atoms. The van der Waals surface area contributed by atoms with Gasteiger partial charge in [0.05, 0.1) is 6.10 Å². The van der Waals surface area contributed by atoms with Crippen LogP contribution in [0.4, 0.5) is 5.82 Å². The Morgan fingerprint density at radius 1 is 1.22 bits per heavy atom. The number of hydrogen-bond acceptors (Lipinski definition) is 3. The fourth-order valence-electron chi connectivity index (χ4n) is 3.31. The molecule has 1 aliphatic carbocycles. The van der Waals surface area contributed by atoms with Crippen molar-refractivity contribution in [3.05, 3.63) is 23.9 Å². The van der Waals surface area contributed by atoms with Crippen LogP contribution in [0.3, 0.4) is 0 Å². The molecule has 2 heterocycles. The van der Waals surface area contributed by atoms with Crippen molar-refractivity contribution >= 4 is 5.82 Å². The van der Waals surface area contributed by atoms with Gasteiger partial charge in [-0.15, -0.1) is 0 Å². The third kappa shape index (κ3) is 2.01. The largest absolute Gasteiger partial charge is 0.392 e. The highest BCUT2D eigenvalue weighted by molar-refractivity contribution is 5.41. The predicted molar refractivity (Wildman–Crippen MR) is 72.8 cm³/mol. The number of rotatable bonds is 2. The molecule has 0 amide bonds. The van der Waals surface area contributed by atoms with E-state index >= 15 is 0 Å². The van der Waals surface area contributed by atoms with Gasteiger partial charge in [-0.2, -0.15) is 0 Å². The van der Waals surface area contributed by atoms with Gasteiger partial charge in [-0.3, -0.25) is 0 Å². The lowest BCUT2D eigenvalue weighted by Crippen LogP contribution is -2.45. The maximum absolute atomic E-state index is 10.0. The summed E-state index contributed by atoms with van der Waals surface area (Å²) in [5, 5.41) is 10.0. The lowest BCUT2D eigenvalue weighted by Gasteiger charge is -2.36. The molecule has 0 radical (unpaired) electrons.